The number of carbonyl (C=O) groups excluding carboxylic acids is 1. The van der Waals surface area contributed by atoms with Crippen LogP contribution in [0.25, 0.3) is 11.5 Å². The summed E-state index contributed by atoms with van der Waals surface area (Å²) in [6.07, 6.45) is 3.23. The van der Waals surface area contributed by atoms with Gasteiger partial charge in [-0.2, -0.15) is 0 Å². The lowest BCUT2D eigenvalue weighted by Gasteiger charge is -2.15. The molecule has 0 unspecified atom stereocenters. The van der Waals surface area contributed by atoms with Crippen LogP contribution in [0.15, 0.2) is 40.0 Å². The van der Waals surface area contributed by atoms with E-state index in [-0.39, 0.29) is 11.7 Å². The second kappa shape index (κ2) is 7.59. The summed E-state index contributed by atoms with van der Waals surface area (Å²) in [5.41, 5.74) is 2.00. The highest BCUT2D eigenvalue weighted by molar-refractivity contribution is 7.99. The molecule has 1 N–H and O–H groups in total. The Morgan fingerprint density at radius 3 is 3.04 bits per heavy atom. The third-order valence-corrected chi connectivity index (χ3v) is 6.04. The van der Waals surface area contributed by atoms with Gasteiger partial charge in [0.15, 0.2) is 5.13 Å². The van der Waals surface area contributed by atoms with Crippen LogP contribution >= 0.6 is 23.1 Å². The van der Waals surface area contributed by atoms with Crippen LogP contribution in [0.2, 0.25) is 0 Å². The van der Waals surface area contributed by atoms with Crippen molar-refractivity contribution in [3.8, 4) is 11.5 Å². The Hall–Kier alpha value is -2.19. The number of amides is 1. The molecule has 0 radical (unpaired) electrons. The quantitative estimate of drug-likeness (QED) is 0.666. The Morgan fingerprint density at radius 2 is 2.19 bits per heavy atom. The van der Waals surface area contributed by atoms with Crippen LogP contribution in [-0.4, -0.2) is 26.8 Å². The van der Waals surface area contributed by atoms with Gasteiger partial charge in [-0.05, 0) is 37.3 Å². The van der Waals surface area contributed by atoms with Crippen molar-refractivity contribution in [3.63, 3.8) is 0 Å². The molecule has 1 atom stereocenters. The summed E-state index contributed by atoms with van der Waals surface area (Å²) in [5, 5.41) is 12.0. The lowest BCUT2D eigenvalue weighted by atomic mass is 9.93. The monoisotopic (exact) mass is 386 g/mol. The van der Waals surface area contributed by atoms with Crippen molar-refractivity contribution in [2.75, 3.05) is 11.1 Å². The molecule has 1 aliphatic rings. The molecule has 0 spiro atoms. The maximum absolute atomic E-state index is 12.2. The number of thioether (sulfide) groups is 1. The summed E-state index contributed by atoms with van der Waals surface area (Å²) in [7, 11) is 0. The predicted octanol–water partition coefficient (Wildman–Crippen LogP) is 4.05. The van der Waals surface area contributed by atoms with E-state index < -0.39 is 0 Å². The normalized spacial score (nSPS) is 16.3. The SMILES string of the molecule is C[C@@H]1CCc2nc(NC(=O)CSc3nnc(-c4ccccc4)o3)sc2C1. The average Bonchev–Trinajstić information content (AvgIpc) is 3.27. The molecule has 0 fully saturated rings. The van der Waals surface area contributed by atoms with Crippen molar-refractivity contribution < 1.29 is 9.21 Å². The number of anilines is 1. The molecule has 1 amide bonds. The second-order valence-corrected chi connectivity index (χ2v) is 8.32. The molecule has 134 valence electrons. The molecule has 0 saturated carbocycles. The van der Waals surface area contributed by atoms with Crippen LogP contribution in [0.5, 0.6) is 0 Å². The van der Waals surface area contributed by atoms with Gasteiger partial charge in [0.25, 0.3) is 5.22 Å². The third-order valence-electron chi connectivity index (χ3n) is 4.19. The maximum atomic E-state index is 12.2. The lowest BCUT2D eigenvalue weighted by molar-refractivity contribution is -0.113. The van der Waals surface area contributed by atoms with E-state index in [4.69, 9.17) is 4.42 Å². The van der Waals surface area contributed by atoms with Crippen LogP contribution in [0.1, 0.15) is 23.9 Å². The zero-order valence-corrected chi connectivity index (χ0v) is 15.9. The van der Waals surface area contributed by atoms with Crippen molar-refractivity contribution in [2.45, 2.75) is 31.4 Å². The highest BCUT2D eigenvalue weighted by Crippen LogP contribution is 2.32. The fraction of sp³-hybridized carbons (Fsp3) is 0.333. The molecule has 4 rings (SSSR count). The Labute approximate surface area is 159 Å². The first-order valence-electron chi connectivity index (χ1n) is 8.47. The fourth-order valence-electron chi connectivity index (χ4n) is 2.84. The molecule has 1 aromatic carbocycles. The first-order chi connectivity index (χ1) is 12.7. The predicted molar refractivity (Wildman–Crippen MR) is 102 cm³/mol. The number of rotatable bonds is 5. The van der Waals surface area contributed by atoms with Crippen LogP contribution in [0, 0.1) is 5.92 Å². The number of hydrogen-bond donors (Lipinski definition) is 1. The summed E-state index contributed by atoms with van der Waals surface area (Å²) < 4.78 is 5.60. The third kappa shape index (κ3) is 3.96. The van der Waals surface area contributed by atoms with E-state index in [0.29, 0.717) is 22.2 Å². The van der Waals surface area contributed by atoms with E-state index in [1.165, 1.54) is 23.1 Å². The van der Waals surface area contributed by atoms with Crippen molar-refractivity contribution in [1.82, 2.24) is 15.2 Å². The molecular weight excluding hydrogens is 368 g/mol. The standard InChI is InChI=1S/C18H18N4O2S2/c1-11-7-8-13-14(9-11)26-17(19-13)20-15(23)10-25-18-22-21-16(24-18)12-5-3-2-4-6-12/h2-6,11H,7-10H2,1H3,(H,19,20,23)/t11-/m1/s1. The number of aryl methyl sites for hydroxylation is 1. The van der Waals surface area contributed by atoms with Gasteiger partial charge in [-0.3, -0.25) is 4.79 Å². The summed E-state index contributed by atoms with van der Waals surface area (Å²) in [4.78, 5) is 18.0. The zero-order chi connectivity index (χ0) is 17.9. The van der Waals surface area contributed by atoms with Gasteiger partial charge >= 0.3 is 0 Å². The van der Waals surface area contributed by atoms with Gasteiger partial charge in [-0.15, -0.1) is 21.5 Å². The minimum atomic E-state index is -0.117. The first kappa shape index (κ1) is 17.2. The first-order valence-corrected chi connectivity index (χ1v) is 10.3. The van der Waals surface area contributed by atoms with E-state index in [9.17, 15) is 4.79 Å². The number of hydrogen-bond acceptors (Lipinski definition) is 7. The highest BCUT2D eigenvalue weighted by atomic mass is 32.2. The summed E-state index contributed by atoms with van der Waals surface area (Å²) in [6, 6.07) is 9.55. The lowest BCUT2D eigenvalue weighted by Crippen LogP contribution is -2.14. The van der Waals surface area contributed by atoms with E-state index in [1.807, 2.05) is 30.3 Å². The molecule has 3 aromatic rings. The second-order valence-electron chi connectivity index (χ2n) is 6.31. The minimum absolute atomic E-state index is 0.117. The van der Waals surface area contributed by atoms with Crippen molar-refractivity contribution >= 4 is 34.1 Å². The van der Waals surface area contributed by atoms with Crippen molar-refractivity contribution in [3.05, 3.63) is 40.9 Å². The molecule has 2 heterocycles. The van der Waals surface area contributed by atoms with Crippen molar-refractivity contribution in [2.24, 2.45) is 5.92 Å². The maximum Gasteiger partial charge on any atom is 0.277 e. The molecular formula is C18H18N4O2S2. The Balaban J connectivity index is 1.33. The van der Waals surface area contributed by atoms with Gasteiger partial charge in [0.2, 0.25) is 11.8 Å². The number of fused-ring (bicyclic) bond motifs is 1. The van der Waals surface area contributed by atoms with Crippen LogP contribution < -0.4 is 5.32 Å². The Morgan fingerprint density at radius 1 is 1.35 bits per heavy atom. The van der Waals surface area contributed by atoms with Crippen LogP contribution in [0.4, 0.5) is 5.13 Å². The van der Waals surface area contributed by atoms with E-state index in [0.717, 1.165) is 24.1 Å². The largest absolute Gasteiger partial charge is 0.411 e. The van der Waals surface area contributed by atoms with E-state index >= 15 is 0 Å². The summed E-state index contributed by atoms with van der Waals surface area (Å²) >= 11 is 2.81. The number of aromatic nitrogens is 3. The number of nitrogens with one attached hydrogen (secondary N) is 1. The molecule has 8 heteroatoms. The molecule has 1 aliphatic carbocycles. The van der Waals surface area contributed by atoms with E-state index in [1.54, 1.807) is 11.3 Å². The number of benzene rings is 1. The Bertz CT molecular complexity index is 907. The molecule has 6 nitrogen and oxygen atoms in total. The highest BCUT2D eigenvalue weighted by Gasteiger charge is 2.20. The fourth-order valence-corrected chi connectivity index (χ4v) is 4.59. The van der Waals surface area contributed by atoms with Gasteiger partial charge in [-0.25, -0.2) is 4.98 Å². The Kier molecular flexibility index (Phi) is 5.03. The molecule has 26 heavy (non-hydrogen) atoms. The molecule has 0 aliphatic heterocycles. The van der Waals surface area contributed by atoms with Gasteiger partial charge < -0.3 is 9.73 Å². The molecule has 2 aromatic heterocycles. The topological polar surface area (TPSA) is 80.9 Å². The van der Waals surface area contributed by atoms with E-state index in [2.05, 4.69) is 27.4 Å². The van der Waals surface area contributed by atoms with Crippen LogP contribution in [-0.2, 0) is 17.6 Å². The van der Waals surface area contributed by atoms with Crippen LogP contribution in [0.3, 0.4) is 0 Å². The number of thiazole rings is 1. The van der Waals surface area contributed by atoms with Gasteiger partial charge in [0.05, 0.1) is 11.4 Å². The molecule has 0 bridgehead atoms. The van der Waals surface area contributed by atoms with Crippen molar-refractivity contribution in [1.29, 1.82) is 0 Å². The van der Waals surface area contributed by atoms with Gasteiger partial charge in [-0.1, -0.05) is 36.9 Å². The number of nitrogens with zero attached hydrogens (tertiary/aromatic N) is 3. The van der Waals surface area contributed by atoms with Gasteiger partial charge in [0, 0.05) is 10.4 Å². The minimum Gasteiger partial charge on any atom is -0.411 e. The molecule has 0 saturated heterocycles. The summed E-state index contributed by atoms with van der Waals surface area (Å²) in [6.45, 7) is 2.26. The van der Waals surface area contributed by atoms with Gasteiger partial charge in [0.1, 0.15) is 0 Å². The average molecular weight is 387 g/mol. The smallest absolute Gasteiger partial charge is 0.277 e. The zero-order valence-electron chi connectivity index (χ0n) is 14.3. The summed E-state index contributed by atoms with van der Waals surface area (Å²) in [5.74, 6) is 1.24. The number of carbonyl (C=O) groups is 1.